The molecule has 0 aliphatic carbocycles. The van der Waals surface area contributed by atoms with Crippen LogP contribution in [0.15, 0.2) is 122 Å². The van der Waals surface area contributed by atoms with E-state index in [4.69, 9.17) is 9.38 Å². The molecule has 0 saturated carbocycles. The second kappa shape index (κ2) is 11.3. The van der Waals surface area contributed by atoms with Gasteiger partial charge in [0.15, 0.2) is 0 Å². The number of benzene rings is 4. The molecule has 2 aromatic heterocycles. The predicted octanol–water partition coefficient (Wildman–Crippen LogP) is 6.66. The summed E-state index contributed by atoms with van der Waals surface area (Å²) >= 11 is -2.91. The molecule has 37 heavy (non-hydrogen) atoms. The SMILES string of the molecule is c1ccc(-c2ccc([O][Ga][O][Ga][O]c3ccc(-c4ccccc4)c4cccnc34)c3ncccc23)cc1. The zero-order valence-electron chi connectivity index (χ0n) is 19.8. The van der Waals surface area contributed by atoms with Crippen molar-refractivity contribution in [2.24, 2.45) is 0 Å². The zero-order valence-corrected chi connectivity index (χ0v) is 24.7. The maximum atomic E-state index is 6.13. The summed E-state index contributed by atoms with van der Waals surface area (Å²) in [5.41, 5.74) is 6.28. The first kappa shape index (κ1) is 23.9. The van der Waals surface area contributed by atoms with Crippen LogP contribution >= 0.6 is 0 Å². The van der Waals surface area contributed by atoms with Crippen LogP contribution in [0.1, 0.15) is 0 Å². The van der Waals surface area contributed by atoms with Gasteiger partial charge in [0, 0.05) is 0 Å². The molecular weight excluding hydrogens is 576 g/mol. The van der Waals surface area contributed by atoms with Gasteiger partial charge >= 0.3 is 233 Å². The molecule has 0 N–H and O–H groups in total. The second-order valence-corrected chi connectivity index (χ2v) is 13.7. The molecule has 5 nitrogen and oxygen atoms in total. The van der Waals surface area contributed by atoms with Crippen molar-refractivity contribution in [3.63, 3.8) is 0 Å². The third-order valence-electron chi connectivity index (χ3n) is 6.10. The maximum absolute atomic E-state index is 6.13. The number of fused-ring (bicyclic) bond motifs is 2. The van der Waals surface area contributed by atoms with Crippen LogP contribution in [0.5, 0.6) is 11.5 Å². The minimum atomic E-state index is -1.46. The summed E-state index contributed by atoms with van der Waals surface area (Å²) < 4.78 is 18.2. The van der Waals surface area contributed by atoms with E-state index in [-0.39, 0.29) is 0 Å². The van der Waals surface area contributed by atoms with E-state index >= 15 is 0 Å². The van der Waals surface area contributed by atoms with E-state index in [1.165, 1.54) is 0 Å². The Hall–Kier alpha value is -3.47. The first-order valence-corrected chi connectivity index (χ1v) is 15.8. The van der Waals surface area contributed by atoms with Gasteiger partial charge in [-0.1, -0.05) is 0 Å². The number of rotatable bonds is 8. The van der Waals surface area contributed by atoms with Crippen molar-refractivity contribution < 1.29 is 9.38 Å². The molecule has 0 fully saturated rings. The third-order valence-corrected chi connectivity index (χ3v) is 10.5. The molecule has 0 aliphatic rings. The van der Waals surface area contributed by atoms with Crippen LogP contribution in [0.3, 0.4) is 0 Å². The molecule has 2 heterocycles. The molecule has 2 radical (unpaired) electrons. The van der Waals surface area contributed by atoms with E-state index < -0.39 is 36.3 Å². The minimum absolute atomic E-state index is 0.756. The van der Waals surface area contributed by atoms with E-state index in [0.29, 0.717) is 0 Å². The van der Waals surface area contributed by atoms with Crippen LogP contribution in [-0.4, -0.2) is 46.2 Å². The van der Waals surface area contributed by atoms with Gasteiger partial charge in [-0.05, 0) is 0 Å². The average Bonchev–Trinajstić information content (AvgIpc) is 2.98. The predicted molar refractivity (Wildman–Crippen MR) is 148 cm³/mol. The van der Waals surface area contributed by atoms with Crippen LogP contribution in [0.25, 0.3) is 44.1 Å². The van der Waals surface area contributed by atoms with Crippen molar-refractivity contribution in [3.8, 4) is 33.8 Å². The van der Waals surface area contributed by atoms with Gasteiger partial charge in [0.1, 0.15) is 0 Å². The number of hydrogen-bond donors (Lipinski definition) is 0. The van der Waals surface area contributed by atoms with Crippen LogP contribution in [-0.2, 0) is 2.32 Å². The molecule has 0 unspecified atom stereocenters. The van der Waals surface area contributed by atoms with Gasteiger partial charge in [-0.3, -0.25) is 0 Å². The van der Waals surface area contributed by atoms with E-state index in [1.54, 1.807) is 12.4 Å². The Kier molecular flexibility index (Phi) is 7.29. The summed E-state index contributed by atoms with van der Waals surface area (Å²) in [6.07, 6.45) is 3.59. The van der Waals surface area contributed by atoms with E-state index in [9.17, 15) is 0 Å². The topological polar surface area (TPSA) is 53.5 Å². The summed E-state index contributed by atoms with van der Waals surface area (Å²) in [6.45, 7) is 0. The van der Waals surface area contributed by atoms with Crippen molar-refractivity contribution in [1.82, 2.24) is 9.97 Å². The Morgan fingerprint density at radius 3 is 1.38 bits per heavy atom. The Balaban J connectivity index is 1.14. The van der Waals surface area contributed by atoms with Crippen molar-refractivity contribution in [2.45, 2.75) is 0 Å². The Morgan fingerprint density at radius 1 is 0.459 bits per heavy atom. The van der Waals surface area contributed by atoms with E-state index in [1.807, 2.05) is 60.7 Å². The first-order valence-electron chi connectivity index (χ1n) is 11.9. The third kappa shape index (κ3) is 5.18. The summed E-state index contributed by atoms with van der Waals surface area (Å²) in [5.74, 6) is 1.51. The molecule has 0 spiro atoms. The molecule has 6 rings (SSSR count). The van der Waals surface area contributed by atoms with Gasteiger partial charge in [0.2, 0.25) is 0 Å². The van der Waals surface area contributed by atoms with Gasteiger partial charge in [-0.2, -0.15) is 0 Å². The first-order chi connectivity index (χ1) is 18.4. The van der Waals surface area contributed by atoms with Gasteiger partial charge in [0.25, 0.3) is 0 Å². The van der Waals surface area contributed by atoms with Crippen LogP contribution in [0.4, 0.5) is 0 Å². The molecule has 0 bridgehead atoms. The summed E-state index contributed by atoms with van der Waals surface area (Å²) in [5, 5.41) is 2.13. The van der Waals surface area contributed by atoms with Crippen molar-refractivity contribution in [1.29, 1.82) is 0 Å². The van der Waals surface area contributed by atoms with Crippen molar-refractivity contribution in [3.05, 3.63) is 122 Å². The Labute approximate surface area is 231 Å². The van der Waals surface area contributed by atoms with Crippen LogP contribution in [0, 0.1) is 0 Å². The van der Waals surface area contributed by atoms with E-state index in [0.717, 1.165) is 55.6 Å². The molecule has 6 aromatic rings. The molecule has 0 saturated heterocycles. The normalized spacial score (nSPS) is 10.8. The molecular formula is C30H20Ga2N2O3. The number of pyridine rings is 2. The fourth-order valence-corrected chi connectivity index (χ4v) is 7.67. The van der Waals surface area contributed by atoms with Gasteiger partial charge in [-0.15, -0.1) is 0 Å². The van der Waals surface area contributed by atoms with E-state index in [2.05, 4.69) is 58.5 Å². The van der Waals surface area contributed by atoms with Gasteiger partial charge in [0.05, 0.1) is 0 Å². The molecule has 174 valence electrons. The molecule has 0 amide bonds. The van der Waals surface area contributed by atoms with Crippen molar-refractivity contribution in [2.75, 3.05) is 0 Å². The average molecular weight is 596 g/mol. The Bertz CT molecular complexity index is 1540. The summed E-state index contributed by atoms with van der Waals surface area (Å²) in [7, 11) is 0. The quantitative estimate of drug-likeness (QED) is 0.146. The fourth-order valence-electron chi connectivity index (χ4n) is 4.40. The number of hydrogen-bond acceptors (Lipinski definition) is 5. The van der Waals surface area contributed by atoms with Crippen LogP contribution in [0.2, 0.25) is 0 Å². The summed E-state index contributed by atoms with van der Waals surface area (Å²) in [4.78, 5) is 9.20. The van der Waals surface area contributed by atoms with Gasteiger partial charge in [-0.25, -0.2) is 0 Å². The monoisotopic (exact) mass is 594 g/mol. The van der Waals surface area contributed by atoms with Crippen molar-refractivity contribution >= 4 is 58.1 Å². The number of nitrogens with zero attached hydrogens (tertiary/aromatic N) is 2. The van der Waals surface area contributed by atoms with Crippen LogP contribution < -0.4 is 7.06 Å². The second-order valence-electron chi connectivity index (χ2n) is 8.32. The molecule has 7 heteroatoms. The molecule has 4 aromatic carbocycles. The Morgan fingerprint density at radius 2 is 0.919 bits per heavy atom. The molecule has 0 aliphatic heterocycles. The standard InChI is InChI=1S/2C15H11NO.2Ga.O/c2*17-14-9-8-12(11-5-2-1-3-6-11)13-7-4-10-16-15(13)14;;;/h2*1-10,17H;;;/q;;2*+1;/p-2. The zero-order chi connectivity index (χ0) is 24.9. The molecule has 0 atom stereocenters. The number of aromatic nitrogens is 2. The fraction of sp³-hybridized carbons (Fsp3) is 0. The summed E-state index contributed by atoms with van der Waals surface area (Å²) in [6, 6.07) is 36.9. The van der Waals surface area contributed by atoms with Gasteiger partial charge < -0.3 is 0 Å².